The average molecular weight is 1450 g/mol. The van der Waals surface area contributed by atoms with Crippen molar-refractivity contribution in [3.05, 3.63) is 0 Å². The molecule has 0 saturated carbocycles. The fourth-order valence-corrected chi connectivity index (χ4v) is 13.9. The summed E-state index contributed by atoms with van der Waals surface area (Å²) >= 11 is 0. The summed E-state index contributed by atoms with van der Waals surface area (Å²) < 4.78 is 68.7. The Kier molecular flexibility index (Phi) is 70.3. The van der Waals surface area contributed by atoms with E-state index in [1.165, 1.54) is 238 Å². The molecular weight excluding hydrogens is 1290 g/mol. The molecule has 99 heavy (non-hydrogen) atoms. The number of aliphatic hydroxyl groups is 1. The number of esters is 4. The molecule has 5 atom stereocenters. The summed E-state index contributed by atoms with van der Waals surface area (Å²) in [6, 6.07) is 0. The third kappa shape index (κ3) is 74.1. The molecule has 0 saturated heterocycles. The summed E-state index contributed by atoms with van der Waals surface area (Å²) in [5, 5.41) is 10.6. The van der Waals surface area contributed by atoms with E-state index in [2.05, 4.69) is 41.5 Å². The van der Waals surface area contributed by atoms with Crippen molar-refractivity contribution in [1.82, 2.24) is 0 Å². The van der Waals surface area contributed by atoms with E-state index in [1.807, 2.05) is 0 Å². The van der Waals surface area contributed by atoms with E-state index in [9.17, 15) is 43.2 Å². The highest BCUT2D eigenvalue weighted by molar-refractivity contribution is 7.47. The zero-order valence-electron chi connectivity index (χ0n) is 64.8. The van der Waals surface area contributed by atoms with Gasteiger partial charge in [0.05, 0.1) is 26.4 Å². The number of unbranched alkanes of at least 4 members (excludes halogenated alkanes) is 49. The van der Waals surface area contributed by atoms with Crippen molar-refractivity contribution in [2.45, 2.75) is 439 Å². The normalized spacial score (nSPS) is 13.9. The molecule has 0 aromatic carbocycles. The highest BCUT2D eigenvalue weighted by Crippen LogP contribution is 2.45. The van der Waals surface area contributed by atoms with Crippen LogP contribution < -0.4 is 0 Å². The highest BCUT2D eigenvalue weighted by Gasteiger charge is 2.30. The Labute approximate surface area is 607 Å². The van der Waals surface area contributed by atoms with Gasteiger partial charge in [-0.3, -0.25) is 37.3 Å². The Bertz CT molecular complexity index is 1910. The molecule has 19 heteroatoms. The summed E-state index contributed by atoms with van der Waals surface area (Å²) in [5.41, 5.74) is 0. The molecule has 0 amide bonds. The van der Waals surface area contributed by atoms with Crippen molar-refractivity contribution in [1.29, 1.82) is 0 Å². The Hall–Kier alpha value is -1.94. The molecule has 0 fully saturated rings. The quantitative estimate of drug-likeness (QED) is 0.0222. The van der Waals surface area contributed by atoms with Crippen LogP contribution in [0.15, 0.2) is 0 Å². The first kappa shape index (κ1) is 97.1. The number of aliphatic hydroxyl groups excluding tert-OH is 1. The molecule has 0 aliphatic rings. The molecule has 0 aliphatic heterocycles. The SMILES string of the molecule is CCCCCCCCCCCCCCCCCCCCCC(=O)O[C@H](COC(=O)CCCCCCCCCCCCCCCCCC)COP(=O)(O)OC[C@@H](O)COP(=O)(O)OC[C@@H](COC(=O)CCCCCCCCCCC(C)C)OC(=O)CCCCCCCCCCCCC(C)C. The van der Waals surface area contributed by atoms with Gasteiger partial charge in [0.2, 0.25) is 0 Å². The lowest BCUT2D eigenvalue weighted by Gasteiger charge is -2.21. The highest BCUT2D eigenvalue weighted by atomic mass is 31.2. The predicted octanol–water partition coefficient (Wildman–Crippen LogP) is 23.9. The number of carbonyl (C=O) groups excluding carboxylic acids is 4. The van der Waals surface area contributed by atoms with Crippen molar-refractivity contribution in [3.63, 3.8) is 0 Å². The second-order valence-electron chi connectivity index (χ2n) is 29.8. The van der Waals surface area contributed by atoms with Gasteiger partial charge in [-0.2, -0.15) is 0 Å². The molecule has 0 aromatic heterocycles. The fourth-order valence-electron chi connectivity index (χ4n) is 12.4. The monoisotopic (exact) mass is 1450 g/mol. The van der Waals surface area contributed by atoms with E-state index in [0.29, 0.717) is 25.7 Å². The smallest absolute Gasteiger partial charge is 0.462 e. The Morgan fingerprint density at radius 1 is 0.273 bits per heavy atom. The standard InChI is InChI=1S/C80H156O17P2/c1-7-9-11-13-15-17-19-21-23-25-26-27-29-31-33-38-46-52-58-64-79(84)96-75(68-90-77(82)62-56-50-44-37-32-30-28-24-22-20-18-16-14-12-10-8-2)70-94-98(86,87)92-66-74(81)67-93-99(88,89)95-71-76(69-91-78(83)63-57-51-45-41-40-43-49-55-61-73(5)6)97-80(85)65-59-53-47-39-35-34-36-42-48-54-60-72(3)4/h72-76,81H,7-71H2,1-6H3,(H,86,87)(H,88,89)/t74-,75-,76-/m1/s1. The molecule has 0 aromatic rings. The molecule has 2 unspecified atom stereocenters. The van der Waals surface area contributed by atoms with Gasteiger partial charge in [-0.15, -0.1) is 0 Å². The molecular formula is C80H156O17P2. The van der Waals surface area contributed by atoms with Crippen molar-refractivity contribution >= 4 is 39.5 Å². The molecule has 0 radical (unpaired) electrons. The number of hydrogen-bond donors (Lipinski definition) is 3. The summed E-state index contributed by atoms with van der Waals surface area (Å²) in [6.07, 6.45) is 61.1. The van der Waals surface area contributed by atoms with E-state index >= 15 is 0 Å². The van der Waals surface area contributed by atoms with Crippen LogP contribution in [0.1, 0.15) is 420 Å². The van der Waals surface area contributed by atoms with Crippen molar-refractivity contribution in [2.24, 2.45) is 11.8 Å². The van der Waals surface area contributed by atoms with E-state index in [1.54, 1.807) is 0 Å². The molecule has 0 bridgehead atoms. The van der Waals surface area contributed by atoms with Crippen LogP contribution >= 0.6 is 15.6 Å². The number of carbonyl (C=O) groups is 4. The number of rotatable bonds is 79. The van der Waals surface area contributed by atoms with Crippen LogP contribution in [-0.2, 0) is 65.4 Å². The third-order valence-electron chi connectivity index (χ3n) is 18.7. The molecule has 17 nitrogen and oxygen atoms in total. The summed E-state index contributed by atoms with van der Waals surface area (Å²) in [7, 11) is -9.92. The molecule has 0 rings (SSSR count). The molecule has 588 valence electrons. The second-order valence-corrected chi connectivity index (χ2v) is 32.7. The first-order valence-corrected chi connectivity index (χ1v) is 44.5. The summed E-state index contributed by atoms with van der Waals surface area (Å²) in [6.45, 7) is 9.58. The summed E-state index contributed by atoms with van der Waals surface area (Å²) in [5.74, 6) is -0.632. The van der Waals surface area contributed by atoms with Crippen molar-refractivity contribution in [2.75, 3.05) is 39.6 Å². The van der Waals surface area contributed by atoms with Crippen LogP contribution in [0.2, 0.25) is 0 Å². The Morgan fingerprint density at radius 3 is 0.687 bits per heavy atom. The molecule has 0 aliphatic carbocycles. The van der Waals surface area contributed by atoms with Crippen LogP contribution in [0.3, 0.4) is 0 Å². The van der Waals surface area contributed by atoms with Gasteiger partial charge in [0, 0.05) is 25.7 Å². The maximum absolute atomic E-state index is 13.1. The van der Waals surface area contributed by atoms with E-state index in [0.717, 1.165) is 102 Å². The average Bonchev–Trinajstić information content (AvgIpc) is 1.46. The van der Waals surface area contributed by atoms with Gasteiger partial charge in [-0.1, -0.05) is 369 Å². The minimum Gasteiger partial charge on any atom is -0.462 e. The Balaban J connectivity index is 5.24. The lowest BCUT2D eigenvalue weighted by Crippen LogP contribution is -2.30. The summed E-state index contributed by atoms with van der Waals surface area (Å²) in [4.78, 5) is 73.0. The number of hydrogen-bond acceptors (Lipinski definition) is 15. The largest absolute Gasteiger partial charge is 0.472 e. The number of ether oxygens (including phenoxy) is 4. The van der Waals surface area contributed by atoms with Gasteiger partial charge < -0.3 is 33.8 Å². The van der Waals surface area contributed by atoms with Crippen LogP contribution in [0.25, 0.3) is 0 Å². The van der Waals surface area contributed by atoms with Gasteiger partial charge in [0.25, 0.3) is 0 Å². The van der Waals surface area contributed by atoms with Gasteiger partial charge in [0.1, 0.15) is 19.3 Å². The maximum Gasteiger partial charge on any atom is 0.472 e. The number of phosphoric acid groups is 2. The van der Waals surface area contributed by atoms with Crippen LogP contribution in [0.5, 0.6) is 0 Å². The minimum atomic E-state index is -4.96. The molecule has 3 N–H and O–H groups in total. The van der Waals surface area contributed by atoms with E-state index < -0.39 is 97.5 Å². The fraction of sp³-hybridized carbons (Fsp3) is 0.950. The van der Waals surface area contributed by atoms with Gasteiger partial charge in [-0.25, -0.2) is 9.13 Å². The topological polar surface area (TPSA) is 237 Å². The zero-order valence-corrected chi connectivity index (χ0v) is 66.6. The lowest BCUT2D eigenvalue weighted by molar-refractivity contribution is -0.161. The lowest BCUT2D eigenvalue weighted by atomic mass is 10.0. The van der Waals surface area contributed by atoms with Crippen LogP contribution in [-0.4, -0.2) is 96.7 Å². The predicted molar refractivity (Wildman–Crippen MR) is 405 cm³/mol. The zero-order chi connectivity index (χ0) is 72.8. The van der Waals surface area contributed by atoms with Crippen LogP contribution in [0.4, 0.5) is 0 Å². The third-order valence-corrected chi connectivity index (χ3v) is 20.6. The second kappa shape index (κ2) is 71.7. The van der Waals surface area contributed by atoms with Gasteiger partial charge in [0.15, 0.2) is 12.2 Å². The van der Waals surface area contributed by atoms with E-state index in [4.69, 9.17) is 37.0 Å². The maximum atomic E-state index is 13.1. The van der Waals surface area contributed by atoms with Crippen molar-refractivity contribution < 1.29 is 80.2 Å². The van der Waals surface area contributed by atoms with E-state index in [-0.39, 0.29) is 25.7 Å². The molecule has 0 heterocycles. The molecule has 0 spiro atoms. The first-order chi connectivity index (χ1) is 47.9. The van der Waals surface area contributed by atoms with Gasteiger partial charge in [-0.05, 0) is 37.5 Å². The first-order valence-electron chi connectivity index (χ1n) is 41.5. The minimum absolute atomic E-state index is 0.106. The number of phosphoric ester groups is 2. The van der Waals surface area contributed by atoms with Gasteiger partial charge >= 0.3 is 39.5 Å². The van der Waals surface area contributed by atoms with Crippen LogP contribution in [0, 0.1) is 11.8 Å². The Morgan fingerprint density at radius 2 is 0.465 bits per heavy atom. The van der Waals surface area contributed by atoms with Crippen molar-refractivity contribution in [3.8, 4) is 0 Å².